The van der Waals surface area contributed by atoms with Crippen LogP contribution in [0.25, 0.3) is 0 Å². The van der Waals surface area contributed by atoms with Crippen LogP contribution < -0.4 is 10.2 Å². The minimum atomic E-state index is -0.364. The van der Waals surface area contributed by atoms with Crippen LogP contribution in [-0.2, 0) is 0 Å². The first-order chi connectivity index (χ1) is 10.3. The lowest BCUT2D eigenvalue weighted by atomic mass is 10.2. The van der Waals surface area contributed by atoms with Crippen LogP contribution in [0.3, 0.4) is 0 Å². The highest BCUT2D eigenvalue weighted by Crippen LogP contribution is 2.15. The second-order valence-electron chi connectivity index (χ2n) is 4.05. The smallest absolute Gasteiger partial charge is 0.289 e. The summed E-state index contributed by atoms with van der Waals surface area (Å²) in [6.45, 7) is 4.01. The number of hydrogen-bond donors (Lipinski definition) is 1. The molecule has 5 heteroatoms. The Bertz CT molecular complexity index is 639. The van der Waals surface area contributed by atoms with E-state index in [1.165, 1.54) is 6.21 Å². The minimum Gasteiger partial charge on any atom is -0.489 e. The molecule has 2 rings (SSSR count). The topological polar surface area (TPSA) is 63.6 Å². The predicted octanol–water partition coefficient (Wildman–Crippen LogP) is 2.41. The van der Waals surface area contributed by atoms with Gasteiger partial charge in [-0.15, -0.1) is 0 Å². The van der Waals surface area contributed by atoms with Crippen LogP contribution in [0.2, 0.25) is 0 Å². The molecule has 0 bridgehead atoms. The highest BCUT2D eigenvalue weighted by atomic mass is 16.5. The van der Waals surface area contributed by atoms with Gasteiger partial charge in [0.15, 0.2) is 0 Å². The second kappa shape index (κ2) is 7.59. The van der Waals surface area contributed by atoms with Crippen molar-refractivity contribution in [3.8, 4) is 5.75 Å². The van der Waals surface area contributed by atoms with E-state index in [0.717, 1.165) is 5.56 Å². The summed E-state index contributed by atoms with van der Waals surface area (Å²) in [4.78, 5) is 15.7. The monoisotopic (exact) mass is 281 g/mol. The molecule has 0 spiro atoms. The quantitative estimate of drug-likeness (QED) is 0.502. The molecule has 0 saturated heterocycles. The molecule has 106 valence electrons. The van der Waals surface area contributed by atoms with Gasteiger partial charge in [0.1, 0.15) is 18.1 Å². The van der Waals surface area contributed by atoms with E-state index in [2.05, 4.69) is 22.1 Å². The van der Waals surface area contributed by atoms with Crippen LogP contribution >= 0.6 is 0 Å². The first kappa shape index (κ1) is 14.5. The van der Waals surface area contributed by atoms with Crippen LogP contribution in [0.5, 0.6) is 5.75 Å². The first-order valence-corrected chi connectivity index (χ1v) is 6.38. The number of carbonyl (C=O) groups excluding carboxylic acids is 1. The van der Waals surface area contributed by atoms with Crippen molar-refractivity contribution in [3.63, 3.8) is 0 Å². The summed E-state index contributed by atoms with van der Waals surface area (Å²) in [6, 6.07) is 12.5. The molecule has 0 atom stereocenters. The number of aromatic nitrogens is 1. The number of hydrogen-bond acceptors (Lipinski definition) is 4. The fourth-order valence-corrected chi connectivity index (χ4v) is 1.58. The summed E-state index contributed by atoms with van der Waals surface area (Å²) in [5.74, 6) is 0.310. The van der Waals surface area contributed by atoms with E-state index >= 15 is 0 Å². The Labute approximate surface area is 123 Å². The normalized spacial score (nSPS) is 10.3. The Morgan fingerprint density at radius 3 is 2.86 bits per heavy atom. The average molecular weight is 281 g/mol. The summed E-state index contributed by atoms with van der Waals surface area (Å²) in [7, 11) is 0. The zero-order valence-electron chi connectivity index (χ0n) is 11.4. The fraction of sp³-hybridized carbons (Fsp3) is 0.0625. The molecule has 1 aromatic heterocycles. The van der Waals surface area contributed by atoms with E-state index in [1.807, 2.05) is 24.3 Å². The lowest BCUT2D eigenvalue weighted by Crippen LogP contribution is -2.18. The van der Waals surface area contributed by atoms with Crippen LogP contribution in [-0.4, -0.2) is 23.7 Å². The number of nitrogens with zero attached hydrogens (tertiary/aromatic N) is 2. The lowest BCUT2D eigenvalue weighted by molar-refractivity contribution is 0.0950. The molecule has 1 amide bonds. The molecule has 5 nitrogen and oxygen atoms in total. The maximum Gasteiger partial charge on any atom is 0.289 e. The first-order valence-electron chi connectivity index (χ1n) is 6.38. The zero-order chi connectivity index (χ0) is 14.9. The summed E-state index contributed by atoms with van der Waals surface area (Å²) in [5, 5.41) is 3.92. The summed E-state index contributed by atoms with van der Waals surface area (Å²) < 4.78 is 5.49. The molecule has 0 aliphatic heterocycles. The zero-order valence-corrected chi connectivity index (χ0v) is 11.4. The molecule has 0 radical (unpaired) electrons. The highest BCUT2D eigenvalue weighted by Gasteiger charge is 2.04. The van der Waals surface area contributed by atoms with Gasteiger partial charge in [-0.3, -0.25) is 9.78 Å². The molecule has 21 heavy (non-hydrogen) atoms. The van der Waals surface area contributed by atoms with Crippen molar-refractivity contribution in [2.75, 3.05) is 6.61 Å². The van der Waals surface area contributed by atoms with Gasteiger partial charge in [0.25, 0.3) is 5.91 Å². The third kappa shape index (κ3) is 4.28. The number of ether oxygens (including phenoxy) is 1. The van der Waals surface area contributed by atoms with Crippen molar-refractivity contribution in [2.24, 2.45) is 5.10 Å². The molecule has 1 aromatic carbocycles. The number of benzene rings is 1. The number of para-hydroxylation sites is 1. The van der Waals surface area contributed by atoms with Crippen molar-refractivity contribution in [1.29, 1.82) is 0 Å². The van der Waals surface area contributed by atoms with Crippen LogP contribution in [0.15, 0.2) is 66.4 Å². The van der Waals surface area contributed by atoms with E-state index in [1.54, 1.807) is 30.5 Å². The van der Waals surface area contributed by atoms with E-state index in [0.29, 0.717) is 18.1 Å². The lowest BCUT2D eigenvalue weighted by Gasteiger charge is -2.06. The molecule has 1 N–H and O–H groups in total. The minimum absolute atomic E-state index is 0.311. The molecular weight excluding hydrogens is 266 g/mol. The maximum absolute atomic E-state index is 11.8. The molecule has 0 unspecified atom stereocenters. The molecule has 0 aliphatic rings. The maximum atomic E-state index is 11.8. The number of hydrazone groups is 1. The largest absolute Gasteiger partial charge is 0.489 e. The van der Waals surface area contributed by atoms with Crippen molar-refractivity contribution in [2.45, 2.75) is 0 Å². The Kier molecular flexibility index (Phi) is 5.23. The average Bonchev–Trinajstić information content (AvgIpc) is 2.54. The number of nitrogens with one attached hydrogen (secondary N) is 1. The molecule has 1 heterocycles. The summed E-state index contributed by atoms with van der Waals surface area (Å²) in [6.07, 6.45) is 4.74. The molecule has 0 saturated carbocycles. The third-order valence-corrected chi connectivity index (χ3v) is 2.54. The van der Waals surface area contributed by atoms with Gasteiger partial charge >= 0.3 is 0 Å². The SMILES string of the molecule is C=CCOc1ccccc1/C=N\NC(=O)c1ccccn1. The van der Waals surface area contributed by atoms with Gasteiger partial charge < -0.3 is 4.74 Å². The molecule has 2 aromatic rings. The third-order valence-electron chi connectivity index (χ3n) is 2.54. The van der Waals surface area contributed by atoms with Crippen molar-refractivity contribution >= 4 is 12.1 Å². The van der Waals surface area contributed by atoms with Crippen molar-refractivity contribution in [1.82, 2.24) is 10.4 Å². The Hall–Kier alpha value is -2.95. The fourth-order valence-electron chi connectivity index (χ4n) is 1.58. The van der Waals surface area contributed by atoms with E-state index in [-0.39, 0.29) is 5.91 Å². The molecule has 0 aliphatic carbocycles. The van der Waals surface area contributed by atoms with Gasteiger partial charge in [0, 0.05) is 11.8 Å². The van der Waals surface area contributed by atoms with Crippen molar-refractivity contribution < 1.29 is 9.53 Å². The van der Waals surface area contributed by atoms with Gasteiger partial charge in [-0.1, -0.05) is 30.9 Å². The van der Waals surface area contributed by atoms with Crippen LogP contribution in [0.4, 0.5) is 0 Å². The van der Waals surface area contributed by atoms with E-state index in [9.17, 15) is 4.79 Å². The highest BCUT2D eigenvalue weighted by molar-refractivity contribution is 5.93. The Balaban J connectivity index is 2.01. The van der Waals surface area contributed by atoms with Gasteiger partial charge in [0.05, 0.1) is 6.21 Å². The number of carbonyl (C=O) groups is 1. The summed E-state index contributed by atoms with van der Waals surface area (Å²) >= 11 is 0. The second-order valence-corrected chi connectivity index (χ2v) is 4.05. The summed E-state index contributed by atoms with van der Waals surface area (Å²) in [5.41, 5.74) is 3.50. The number of rotatable bonds is 6. The molecule has 0 fully saturated rings. The van der Waals surface area contributed by atoms with E-state index in [4.69, 9.17) is 4.74 Å². The molecular formula is C16H15N3O2. The van der Waals surface area contributed by atoms with Gasteiger partial charge in [-0.2, -0.15) is 5.10 Å². The van der Waals surface area contributed by atoms with Crippen molar-refractivity contribution in [3.05, 3.63) is 72.6 Å². The predicted molar refractivity (Wildman–Crippen MR) is 81.4 cm³/mol. The Morgan fingerprint density at radius 1 is 1.29 bits per heavy atom. The van der Waals surface area contributed by atoms with Crippen LogP contribution in [0.1, 0.15) is 16.1 Å². The van der Waals surface area contributed by atoms with Crippen LogP contribution in [0, 0.1) is 0 Å². The van der Waals surface area contributed by atoms with Gasteiger partial charge in [-0.05, 0) is 24.3 Å². The number of pyridine rings is 1. The van der Waals surface area contributed by atoms with Gasteiger partial charge in [0.2, 0.25) is 0 Å². The standard InChI is InChI=1S/C16H15N3O2/c1-2-11-21-15-9-4-3-7-13(15)12-18-19-16(20)14-8-5-6-10-17-14/h2-10,12H,1,11H2,(H,19,20)/b18-12-. The van der Waals surface area contributed by atoms with Gasteiger partial charge in [-0.25, -0.2) is 5.43 Å². The number of amides is 1. The Morgan fingerprint density at radius 2 is 2.10 bits per heavy atom. The van der Waals surface area contributed by atoms with E-state index < -0.39 is 0 Å².